The van der Waals surface area contributed by atoms with Gasteiger partial charge in [-0.2, -0.15) is 0 Å². The van der Waals surface area contributed by atoms with Crippen molar-refractivity contribution in [2.45, 2.75) is 6.92 Å². The fraction of sp³-hybridized carbons (Fsp3) is 0.0667. The van der Waals surface area contributed by atoms with Gasteiger partial charge in [-0.25, -0.2) is 9.18 Å². The fourth-order valence-electron chi connectivity index (χ4n) is 1.87. The van der Waals surface area contributed by atoms with E-state index >= 15 is 0 Å². The molecule has 0 aliphatic rings. The van der Waals surface area contributed by atoms with Crippen LogP contribution in [0, 0.1) is 12.7 Å². The van der Waals surface area contributed by atoms with E-state index < -0.39 is 17.7 Å². The number of anilines is 1. The van der Waals surface area contributed by atoms with Gasteiger partial charge in [0.1, 0.15) is 5.82 Å². The average molecular weight is 352 g/mol. The van der Waals surface area contributed by atoms with Gasteiger partial charge >= 0.3 is 5.97 Å². The molecule has 2 aromatic rings. The number of carbonyl (C=O) groups excluding carboxylic acids is 1. The topological polar surface area (TPSA) is 66.4 Å². The molecule has 2 rings (SSSR count). The van der Waals surface area contributed by atoms with Crippen molar-refractivity contribution >= 4 is 33.5 Å². The lowest BCUT2D eigenvalue weighted by Crippen LogP contribution is -2.15. The molecule has 4 nitrogen and oxygen atoms in total. The number of carboxylic acids is 1. The normalized spacial score (nSPS) is 10.2. The molecule has 2 aromatic carbocycles. The molecule has 0 saturated carbocycles. The van der Waals surface area contributed by atoms with Crippen LogP contribution in [0.5, 0.6) is 0 Å². The van der Waals surface area contributed by atoms with Crippen LogP contribution in [-0.2, 0) is 0 Å². The summed E-state index contributed by atoms with van der Waals surface area (Å²) in [6.45, 7) is 1.83. The van der Waals surface area contributed by atoms with Crippen molar-refractivity contribution in [2.24, 2.45) is 0 Å². The molecule has 0 spiro atoms. The summed E-state index contributed by atoms with van der Waals surface area (Å²) in [6.07, 6.45) is 0. The molecule has 108 valence electrons. The number of carboxylic acid groups (broad SMARTS) is 1. The zero-order valence-corrected chi connectivity index (χ0v) is 12.6. The molecule has 0 saturated heterocycles. The smallest absolute Gasteiger partial charge is 0.337 e. The molecular weight excluding hydrogens is 341 g/mol. The Hall–Kier alpha value is -2.21. The van der Waals surface area contributed by atoms with Gasteiger partial charge in [-0.3, -0.25) is 4.79 Å². The molecule has 0 heterocycles. The van der Waals surface area contributed by atoms with Crippen LogP contribution in [0.2, 0.25) is 0 Å². The van der Waals surface area contributed by atoms with Gasteiger partial charge in [0.05, 0.1) is 11.3 Å². The number of carbonyl (C=O) groups is 2. The Morgan fingerprint density at radius 1 is 1.19 bits per heavy atom. The number of rotatable bonds is 3. The summed E-state index contributed by atoms with van der Waals surface area (Å²) < 4.78 is 14.0. The number of aryl methyl sites for hydroxylation is 1. The summed E-state index contributed by atoms with van der Waals surface area (Å²) in [6, 6.07) is 8.21. The molecule has 6 heteroatoms. The van der Waals surface area contributed by atoms with Gasteiger partial charge in [-0.1, -0.05) is 15.9 Å². The Balaban J connectivity index is 2.35. The third kappa shape index (κ3) is 3.66. The maximum atomic E-state index is 13.2. The standard InChI is InChI=1S/C15H11BrFNO3/c1-8-4-9(6-10(16)5-8)14(19)18-13-7-11(17)2-3-12(13)15(20)21/h2-7H,1H3,(H,18,19)(H,20,21). The number of benzene rings is 2. The van der Waals surface area contributed by atoms with E-state index in [1.54, 1.807) is 12.1 Å². The molecule has 0 unspecified atom stereocenters. The lowest BCUT2D eigenvalue weighted by atomic mass is 10.1. The average Bonchev–Trinajstić information content (AvgIpc) is 2.37. The highest BCUT2D eigenvalue weighted by Crippen LogP contribution is 2.20. The van der Waals surface area contributed by atoms with Crippen LogP contribution in [0.1, 0.15) is 26.3 Å². The molecule has 2 N–H and O–H groups in total. The third-order valence-corrected chi connectivity index (χ3v) is 3.22. The second-order valence-electron chi connectivity index (χ2n) is 4.47. The minimum Gasteiger partial charge on any atom is -0.478 e. The Labute approximate surface area is 128 Å². The summed E-state index contributed by atoms with van der Waals surface area (Å²) in [5.41, 5.74) is 0.969. The van der Waals surface area contributed by atoms with Crippen LogP contribution in [0.3, 0.4) is 0 Å². The van der Waals surface area contributed by atoms with Crippen LogP contribution in [0.25, 0.3) is 0 Å². The highest BCUT2D eigenvalue weighted by atomic mass is 79.9. The van der Waals surface area contributed by atoms with Crippen molar-refractivity contribution in [3.8, 4) is 0 Å². The van der Waals surface area contributed by atoms with Gasteiger partial charge in [0.15, 0.2) is 0 Å². The van der Waals surface area contributed by atoms with E-state index in [0.29, 0.717) is 5.56 Å². The number of halogens is 2. The lowest BCUT2D eigenvalue weighted by molar-refractivity contribution is 0.0698. The highest BCUT2D eigenvalue weighted by molar-refractivity contribution is 9.10. The second kappa shape index (κ2) is 6.05. The first-order valence-corrected chi connectivity index (χ1v) is 6.77. The first-order chi connectivity index (χ1) is 9.86. The van der Waals surface area contributed by atoms with Gasteiger partial charge in [0.2, 0.25) is 0 Å². The lowest BCUT2D eigenvalue weighted by Gasteiger charge is -2.09. The number of nitrogens with one attached hydrogen (secondary N) is 1. The molecular formula is C15H11BrFNO3. The number of hydrogen-bond acceptors (Lipinski definition) is 2. The predicted octanol–water partition coefficient (Wildman–Crippen LogP) is 3.85. The van der Waals surface area contributed by atoms with Crippen molar-refractivity contribution in [3.05, 3.63) is 63.4 Å². The van der Waals surface area contributed by atoms with Gasteiger partial charge in [-0.15, -0.1) is 0 Å². The van der Waals surface area contributed by atoms with Crippen molar-refractivity contribution < 1.29 is 19.1 Å². The first kappa shape index (κ1) is 15.2. The molecule has 21 heavy (non-hydrogen) atoms. The molecule has 0 atom stereocenters. The maximum Gasteiger partial charge on any atom is 0.337 e. The Morgan fingerprint density at radius 2 is 1.90 bits per heavy atom. The van der Waals surface area contributed by atoms with Gasteiger partial charge in [0, 0.05) is 10.0 Å². The van der Waals surface area contributed by atoms with Crippen molar-refractivity contribution in [2.75, 3.05) is 5.32 Å². The molecule has 0 fully saturated rings. The van der Waals surface area contributed by atoms with E-state index in [-0.39, 0.29) is 11.3 Å². The van der Waals surface area contributed by atoms with Crippen molar-refractivity contribution in [1.29, 1.82) is 0 Å². The summed E-state index contributed by atoms with van der Waals surface area (Å²) in [4.78, 5) is 23.2. The third-order valence-electron chi connectivity index (χ3n) is 2.76. The molecule has 0 aliphatic carbocycles. The van der Waals surface area contributed by atoms with E-state index in [1.165, 1.54) is 0 Å². The molecule has 0 radical (unpaired) electrons. The van der Waals surface area contributed by atoms with Gasteiger partial charge in [-0.05, 0) is 48.9 Å². The van der Waals surface area contributed by atoms with E-state index in [4.69, 9.17) is 5.11 Å². The Morgan fingerprint density at radius 3 is 2.52 bits per heavy atom. The number of hydrogen-bond donors (Lipinski definition) is 2. The SMILES string of the molecule is Cc1cc(Br)cc(C(=O)Nc2cc(F)ccc2C(=O)O)c1. The quantitative estimate of drug-likeness (QED) is 0.882. The zero-order valence-electron chi connectivity index (χ0n) is 11.0. The molecule has 0 aliphatic heterocycles. The van der Waals surface area contributed by atoms with Gasteiger partial charge in [0.25, 0.3) is 5.91 Å². The molecule has 1 amide bonds. The van der Waals surface area contributed by atoms with Crippen LogP contribution >= 0.6 is 15.9 Å². The van der Waals surface area contributed by atoms with Crippen molar-refractivity contribution in [1.82, 2.24) is 0 Å². The zero-order chi connectivity index (χ0) is 15.6. The second-order valence-corrected chi connectivity index (χ2v) is 5.38. The largest absolute Gasteiger partial charge is 0.478 e. The van der Waals surface area contributed by atoms with Crippen molar-refractivity contribution in [3.63, 3.8) is 0 Å². The summed E-state index contributed by atoms with van der Waals surface area (Å²) in [7, 11) is 0. The van der Waals surface area contributed by atoms with E-state index in [0.717, 1.165) is 28.2 Å². The fourth-order valence-corrected chi connectivity index (χ4v) is 2.48. The predicted molar refractivity (Wildman–Crippen MR) is 80.2 cm³/mol. The van der Waals surface area contributed by atoms with Crippen LogP contribution in [0.15, 0.2) is 40.9 Å². The van der Waals surface area contributed by atoms with Gasteiger partial charge < -0.3 is 10.4 Å². The summed E-state index contributed by atoms with van der Waals surface area (Å²) >= 11 is 3.28. The van der Waals surface area contributed by atoms with Crippen LogP contribution in [0.4, 0.5) is 10.1 Å². The van der Waals surface area contributed by atoms with Crippen LogP contribution < -0.4 is 5.32 Å². The number of amides is 1. The van der Waals surface area contributed by atoms with E-state index in [1.807, 2.05) is 13.0 Å². The minimum atomic E-state index is -1.24. The highest BCUT2D eigenvalue weighted by Gasteiger charge is 2.15. The van der Waals surface area contributed by atoms with E-state index in [9.17, 15) is 14.0 Å². The maximum absolute atomic E-state index is 13.2. The molecule has 0 aromatic heterocycles. The minimum absolute atomic E-state index is 0.0786. The number of aromatic carboxylic acids is 1. The first-order valence-electron chi connectivity index (χ1n) is 5.98. The van der Waals surface area contributed by atoms with E-state index in [2.05, 4.69) is 21.2 Å². The monoisotopic (exact) mass is 351 g/mol. The van der Waals surface area contributed by atoms with Crippen LogP contribution in [-0.4, -0.2) is 17.0 Å². The Kier molecular flexibility index (Phi) is 4.37. The Bertz CT molecular complexity index is 711. The molecule has 0 bridgehead atoms. The summed E-state index contributed by atoms with van der Waals surface area (Å²) in [5, 5.41) is 11.5. The summed E-state index contributed by atoms with van der Waals surface area (Å²) in [5.74, 6) is -2.37.